The number of thioether (sulfide) groups is 1. The Balaban J connectivity index is 1.44. The van der Waals surface area contributed by atoms with Gasteiger partial charge in [0.15, 0.2) is 5.16 Å². The Morgan fingerprint density at radius 2 is 2.13 bits per heavy atom. The van der Waals surface area contributed by atoms with E-state index in [1.165, 1.54) is 0 Å². The molecule has 0 bridgehead atoms. The smallest absolute Gasteiger partial charge is 0.239 e. The van der Waals surface area contributed by atoms with Crippen molar-refractivity contribution in [3.63, 3.8) is 0 Å². The Bertz CT molecular complexity index is 528. The number of nitrogens with zero attached hydrogens (tertiary/aromatic N) is 3. The molecule has 1 atom stereocenters. The van der Waals surface area contributed by atoms with Crippen LogP contribution in [-0.2, 0) is 16.6 Å². The fraction of sp³-hybridized carbons (Fsp3) is 0.750. The molecule has 1 amide bonds. The molecule has 1 saturated carbocycles. The van der Waals surface area contributed by atoms with Gasteiger partial charge in [-0.2, -0.15) is 0 Å². The number of amides is 1. The molecule has 7 heteroatoms. The highest BCUT2D eigenvalue weighted by atomic mass is 32.2. The number of ether oxygens (including phenoxy) is 1. The second-order valence-corrected chi connectivity index (χ2v) is 7.76. The van der Waals surface area contributed by atoms with Crippen molar-refractivity contribution >= 4 is 17.7 Å². The third kappa shape index (κ3) is 4.28. The van der Waals surface area contributed by atoms with Gasteiger partial charge in [-0.3, -0.25) is 9.69 Å². The lowest BCUT2D eigenvalue weighted by molar-refractivity contribution is -0.132. The van der Waals surface area contributed by atoms with Crippen LogP contribution in [0.5, 0.6) is 0 Å². The van der Waals surface area contributed by atoms with Crippen LogP contribution in [0.2, 0.25) is 0 Å². The number of morpholine rings is 1. The SMILES string of the molecule is CN1CCOC[C@H]1C(=O)NC1CCC(Sc2nccn2C)CC1. The number of rotatable bonds is 4. The van der Waals surface area contributed by atoms with E-state index in [0.717, 1.165) is 44.0 Å². The summed E-state index contributed by atoms with van der Waals surface area (Å²) < 4.78 is 7.50. The van der Waals surface area contributed by atoms with Gasteiger partial charge in [-0.25, -0.2) is 4.98 Å². The average molecular weight is 338 g/mol. The van der Waals surface area contributed by atoms with Crippen LogP contribution in [0.25, 0.3) is 0 Å². The van der Waals surface area contributed by atoms with Gasteiger partial charge in [0.05, 0.1) is 13.2 Å². The van der Waals surface area contributed by atoms with E-state index in [1.54, 1.807) is 0 Å². The number of hydrogen-bond acceptors (Lipinski definition) is 5. The maximum atomic E-state index is 12.4. The summed E-state index contributed by atoms with van der Waals surface area (Å²) in [7, 11) is 4.02. The van der Waals surface area contributed by atoms with Crippen LogP contribution in [0, 0.1) is 0 Å². The molecule has 2 heterocycles. The summed E-state index contributed by atoms with van der Waals surface area (Å²) in [5.41, 5.74) is 0. The molecule has 1 aromatic rings. The molecular formula is C16H26N4O2S. The topological polar surface area (TPSA) is 59.4 Å². The van der Waals surface area contributed by atoms with Crippen LogP contribution >= 0.6 is 11.8 Å². The van der Waals surface area contributed by atoms with E-state index in [9.17, 15) is 4.79 Å². The predicted octanol–water partition coefficient (Wildman–Crippen LogP) is 1.27. The van der Waals surface area contributed by atoms with Gasteiger partial charge >= 0.3 is 0 Å². The molecule has 2 aliphatic rings. The van der Waals surface area contributed by atoms with Crippen LogP contribution in [0.15, 0.2) is 17.6 Å². The standard InChI is InChI=1S/C16H26N4O2S/c1-19-9-10-22-11-14(19)15(21)18-12-3-5-13(6-4-12)23-16-17-7-8-20(16)2/h7-8,12-14H,3-6,9-11H2,1-2H3,(H,18,21)/t12?,13?,14-/m0/s1. The number of nitrogens with one attached hydrogen (secondary N) is 1. The van der Waals surface area contributed by atoms with Gasteiger partial charge < -0.3 is 14.6 Å². The Morgan fingerprint density at radius 3 is 2.78 bits per heavy atom. The summed E-state index contributed by atoms with van der Waals surface area (Å²) >= 11 is 1.86. The van der Waals surface area contributed by atoms with Crippen LogP contribution in [-0.4, -0.2) is 64.5 Å². The van der Waals surface area contributed by atoms with Gasteiger partial charge in [0.1, 0.15) is 6.04 Å². The Hall–Kier alpha value is -1.05. The maximum absolute atomic E-state index is 12.4. The van der Waals surface area contributed by atoms with Gasteiger partial charge in [0.25, 0.3) is 0 Å². The molecule has 0 radical (unpaired) electrons. The average Bonchev–Trinajstić information content (AvgIpc) is 2.95. The predicted molar refractivity (Wildman–Crippen MR) is 90.5 cm³/mol. The number of carbonyl (C=O) groups is 1. The lowest BCUT2D eigenvalue weighted by Crippen LogP contribution is -2.54. The fourth-order valence-electron chi connectivity index (χ4n) is 3.20. The molecule has 1 N–H and O–H groups in total. The van der Waals surface area contributed by atoms with E-state index in [1.807, 2.05) is 38.3 Å². The van der Waals surface area contributed by atoms with Crippen molar-refractivity contribution in [2.24, 2.45) is 7.05 Å². The number of aryl methyl sites for hydroxylation is 1. The lowest BCUT2D eigenvalue weighted by Gasteiger charge is -2.34. The van der Waals surface area contributed by atoms with E-state index in [-0.39, 0.29) is 11.9 Å². The Kier molecular flexibility index (Phi) is 5.61. The van der Waals surface area contributed by atoms with E-state index in [0.29, 0.717) is 17.9 Å². The van der Waals surface area contributed by atoms with Gasteiger partial charge in [-0.15, -0.1) is 0 Å². The first-order valence-corrected chi connectivity index (χ1v) is 9.24. The van der Waals surface area contributed by atoms with Crippen LogP contribution in [0.1, 0.15) is 25.7 Å². The molecule has 1 aliphatic heterocycles. The number of imidazole rings is 1. The summed E-state index contributed by atoms with van der Waals surface area (Å²) in [6.07, 6.45) is 8.17. The number of carbonyl (C=O) groups excluding carboxylic acids is 1. The Morgan fingerprint density at radius 1 is 1.35 bits per heavy atom. The molecule has 128 valence electrons. The minimum absolute atomic E-state index is 0.118. The molecule has 2 fully saturated rings. The largest absolute Gasteiger partial charge is 0.378 e. The van der Waals surface area contributed by atoms with Gasteiger partial charge in [0.2, 0.25) is 5.91 Å². The Labute approximate surface area is 142 Å². The van der Waals surface area contributed by atoms with E-state index < -0.39 is 0 Å². The first-order valence-electron chi connectivity index (χ1n) is 8.36. The van der Waals surface area contributed by atoms with Crippen molar-refractivity contribution < 1.29 is 9.53 Å². The van der Waals surface area contributed by atoms with Crippen LogP contribution in [0.4, 0.5) is 0 Å². The summed E-state index contributed by atoms with van der Waals surface area (Å²) in [5.74, 6) is 0.118. The van der Waals surface area contributed by atoms with E-state index >= 15 is 0 Å². The number of likely N-dealkylation sites (N-methyl/N-ethyl adjacent to an activating group) is 1. The van der Waals surface area contributed by atoms with Gasteiger partial charge in [0, 0.05) is 37.3 Å². The molecule has 0 spiro atoms. The van der Waals surface area contributed by atoms with Crippen molar-refractivity contribution in [2.45, 2.75) is 48.2 Å². The summed E-state index contributed by atoms with van der Waals surface area (Å²) in [6, 6.07) is 0.166. The molecule has 1 aromatic heterocycles. The molecule has 6 nitrogen and oxygen atoms in total. The molecule has 0 unspecified atom stereocenters. The summed E-state index contributed by atoms with van der Waals surface area (Å²) in [4.78, 5) is 18.9. The zero-order chi connectivity index (χ0) is 16.2. The van der Waals surface area contributed by atoms with Crippen LogP contribution < -0.4 is 5.32 Å². The molecule has 3 rings (SSSR count). The normalized spacial score (nSPS) is 29.4. The fourth-order valence-corrected chi connectivity index (χ4v) is 4.35. The summed E-state index contributed by atoms with van der Waals surface area (Å²) in [5, 5.41) is 4.90. The van der Waals surface area contributed by atoms with Gasteiger partial charge in [-0.1, -0.05) is 11.8 Å². The number of hydrogen-bond donors (Lipinski definition) is 1. The maximum Gasteiger partial charge on any atom is 0.239 e. The van der Waals surface area contributed by atoms with Crippen molar-refractivity contribution in [3.05, 3.63) is 12.4 Å². The third-order valence-corrected chi connectivity index (χ3v) is 6.18. The highest BCUT2D eigenvalue weighted by Crippen LogP contribution is 2.32. The molecule has 1 saturated heterocycles. The van der Waals surface area contributed by atoms with Crippen LogP contribution in [0.3, 0.4) is 0 Å². The molecular weight excluding hydrogens is 312 g/mol. The van der Waals surface area contributed by atoms with Crippen molar-refractivity contribution in [1.82, 2.24) is 19.8 Å². The second kappa shape index (κ2) is 7.68. The van der Waals surface area contributed by atoms with Crippen molar-refractivity contribution in [1.29, 1.82) is 0 Å². The quantitative estimate of drug-likeness (QED) is 0.896. The third-order valence-electron chi connectivity index (χ3n) is 4.77. The number of aromatic nitrogens is 2. The molecule has 0 aromatic carbocycles. The van der Waals surface area contributed by atoms with E-state index in [4.69, 9.17) is 4.74 Å². The van der Waals surface area contributed by atoms with Gasteiger partial charge in [-0.05, 0) is 32.7 Å². The monoisotopic (exact) mass is 338 g/mol. The second-order valence-electron chi connectivity index (χ2n) is 6.49. The first kappa shape index (κ1) is 16.8. The first-order chi connectivity index (χ1) is 11.1. The summed E-state index contributed by atoms with van der Waals surface area (Å²) in [6.45, 7) is 2.05. The molecule has 1 aliphatic carbocycles. The zero-order valence-electron chi connectivity index (χ0n) is 13.9. The van der Waals surface area contributed by atoms with Crippen molar-refractivity contribution in [2.75, 3.05) is 26.8 Å². The zero-order valence-corrected chi connectivity index (χ0v) is 14.7. The lowest BCUT2D eigenvalue weighted by atomic mass is 9.94. The highest BCUT2D eigenvalue weighted by molar-refractivity contribution is 7.99. The van der Waals surface area contributed by atoms with Crippen molar-refractivity contribution in [3.8, 4) is 0 Å². The highest BCUT2D eigenvalue weighted by Gasteiger charge is 2.30. The minimum Gasteiger partial charge on any atom is -0.378 e. The molecule has 23 heavy (non-hydrogen) atoms. The van der Waals surface area contributed by atoms with E-state index in [2.05, 4.69) is 19.8 Å². The minimum atomic E-state index is -0.136.